The highest BCUT2D eigenvalue weighted by molar-refractivity contribution is 6.44. The molecule has 98 valence electrons. The van der Waals surface area contributed by atoms with Gasteiger partial charge in [-0.15, -0.1) is 0 Å². The molecule has 0 radical (unpaired) electrons. The van der Waals surface area contributed by atoms with Crippen LogP contribution in [0.25, 0.3) is 10.8 Å². The Hall–Kier alpha value is -2.56. The molecule has 0 fully saturated rings. The minimum absolute atomic E-state index is 0.138. The highest BCUT2D eigenvalue weighted by atomic mass is 16.6. The first-order valence-corrected chi connectivity index (χ1v) is 5.59. The Bertz CT molecular complexity index is 649. The van der Waals surface area contributed by atoms with Crippen LogP contribution in [0.2, 0.25) is 0 Å². The van der Waals surface area contributed by atoms with Gasteiger partial charge in [-0.3, -0.25) is 0 Å². The Morgan fingerprint density at radius 1 is 1.21 bits per heavy atom. The second kappa shape index (κ2) is 5.39. The number of hydrogen-bond acceptors (Lipinski definition) is 4. The second-order valence-electron chi connectivity index (χ2n) is 3.82. The maximum Gasteiger partial charge on any atom is 0.358 e. The minimum atomic E-state index is -1.14. The van der Waals surface area contributed by atoms with Crippen molar-refractivity contribution < 1.29 is 19.5 Å². The number of fused-ring (bicyclic) bond motifs is 1. The lowest BCUT2D eigenvalue weighted by Gasteiger charge is -2.08. The van der Waals surface area contributed by atoms with Gasteiger partial charge in [-0.25, -0.2) is 4.79 Å². The molecule has 0 spiro atoms. The average Bonchev–Trinajstić information content (AvgIpc) is 2.43. The van der Waals surface area contributed by atoms with Gasteiger partial charge in [0.15, 0.2) is 5.71 Å². The summed E-state index contributed by atoms with van der Waals surface area (Å²) < 4.78 is 5.16. The Balaban J connectivity index is 2.71. The van der Waals surface area contributed by atoms with Crippen LogP contribution in [-0.4, -0.2) is 31.0 Å². The predicted octanol–water partition coefficient (Wildman–Crippen LogP) is 2.28. The molecule has 5 nitrogen and oxygen atoms in total. The van der Waals surface area contributed by atoms with Crippen LogP contribution in [0.3, 0.4) is 0 Å². The van der Waals surface area contributed by atoms with Gasteiger partial charge in [-0.2, -0.15) is 0 Å². The van der Waals surface area contributed by atoms with Crippen LogP contribution in [0.5, 0.6) is 5.75 Å². The van der Waals surface area contributed by atoms with E-state index in [9.17, 15) is 9.90 Å². The lowest BCUT2D eigenvalue weighted by Crippen LogP contribution is -2.15. The van der Waals surface area contributed by atoms with Crippen LogP contribution >= 0.6 is 0 Å². The molecule has 0 aliphatic rings. The number of benzene rings is 2. The van der Waals surface area contributed by atoms with Gasteiger partial charge in [-0.05, 0) is 22.9 Å². The lowest BCUT2D eigenvalue weighted by atomic mass is 10.0. The zero-order valence-corrected chi connectivity index (χ0v) is 10.6. The quantitative estimate of drug-likeness (QED) is 0.675. The van der Waals surface area contributed by atoms with Crippen molar-refractivity contribution in [3.63, 3.8) is 0 Å². The van der Waals surface area contributed by atoms with Gasteiger partial charge in [-0.1, -0.05) is 29.4 Å². The zero-order valence-electron chi connectivity index (χ0n) is 10.6. The predicted molar refractivity (Wildman–Crippen MR) is 71.7 cm³/mol. The average molecular weight is 259 g/mol. The summed E-state index contributed by atoms with van der Waals surface area (Å²) in [6, 6.07) is 10.8. The van der Waals surface area contributed by atoms with Crippen molar-refractivity contribution in [1.82, 2.24) is 0 Å². The van der Waals surface area contributed by atoms with E-state index in [1.165, 1.54) is 7.11 Å². The summed E-state index contributed by atoms with van der Waals surface area (Å²) in [6.45, 7) is 0. The number of ether oxygens (including phenoxy) is 1. The van der Waals surface area contributed by atoms with Crippen LogP contribution in [0, 0.1) is 0 Å². The summed E-state index contributed by atoms with van der Waals surface area (Å²) in [5, 5.41) is 14.4. The van der Waals surface area contributed by atoms with E-state index in [-0.39, 0.29) is 5.71 Å². The fourth-order valence-corrected chi connectivity index (χ4v) is 1.88. The van der Waals surface area contributed by atoms with Crippen molar-refractivity contribution in [2.75, 3.05) is 14.2 Å². The molecule has 0 bridgehead atoms. The fraction of sp³-hybridized carbons (Fsp3) is 0.143. The summed E-state index contributed by atoms with van der Waals surface area (Å²) in [4.78, 5) is 15.8. The monoisotopic (exact) mass is 259 g/mol. The van der Waals surface area contributed by atoms with Gasteiger partial charge < -0.3 is 14.7 Å². The van der Waals surface area contributed by atoms with Crippen molar-refractivity contribution in [3.05, 3.63) is 42.0 Å². The molecule has 0 unspecified atom stereocenters. The number of rotatable bonds is 4. The number of hydrogen-bond donors (Lipinski definition) is 1. The van der Waals surface area contributed by atoms with Crippen molar-refractivity contribution in [2.24, 2.45) is 5.16 Å². The third-order valence-corrected chi connectivity index (χ3v) is 2.73. The largest absolute Gasteiger partial charge is 0.497 e. The third-order valence-electron chi connectivity index (χ3n) is 2.73. The molecule has 1 N–H and O–H groups in total. The summed E-state index contributed by atoms with van der Waals surface area (Å²) in [6.07, 6.45) is 0. The standard InChI is InChI=1S/C14H13NO4/c1-18-10-7-6-9-4-3-5-11(12(9)8-10)13(14(16)17)15-19-2/h3-8H,1-2H3,(H,16,17). The Kier molecular flexibility index (Phi) is 3.66. The summed E-state index contributed by atoms with van der Waals surface area (Å²) in [5.41, 5.74) is 0.354. The second-order valence-corrected chi connectivity index (χ2v) is 3.82. The van der Waals surface area contributed by atoms with Crippen LogP contribution in [-0.2, 0) is 9.63 Å². The minimum Gasteiger partial charge on any atom is -0.497 e. The molecule has 0 atom stereocenters. The van der Waals surface area contributed by atoms with Crippen LogP contribution in [0.15, 0.2) is 41.6 Å². The van der Waals surface area contributed by atoms with E-state index in [1.807, 2.05) is 18.2 Å². The molecule has 2 aromatic rings. The Morgan fingerprint density at radius 3 is 2.63 bits per heavy atom. The van der Waals surface area contributed by atoms with Crippen molar-refractivity contribution >= 4 is 22.5 Å². The van der Waals surface area contributed by atoms with Gasteiger partial charge in [0.1, 0.15) is 12.9 Å². The molecule has 0 amide bonds. The number of aliphatic carboxylic acids is 1. The van der Waals surface area contributed by atoms with E-state index >= 15 is 0 Å². The Labute approximate surface area is 110 Å². The summed E-state index contributed by atoms with van der Waals surface area (Å²) in [5.74, 6) is -0.487. The number of carbonyl (C=O) groups is 1. The first-order chi connectivity index (χ1) is 9.17. The van der Waals surface area contributed by atoms with E-state index in [1.54, 1.807) is 25.3 Å². The highest BCUT2D eigenvalue weighted by Crippen LogP contribution is 2.24. The SMILES string of the molecule is CON=C(C(=O)O)c1cccc2ccc(OC)cc12. The molecular weight excluding hydrogens is 246 g/mol. The smallest absolute Gasteiger partial charge is 0.358 e. The zero-order chi connectivity index (χ0) is 13.8. The van der Waals surface area contributed by atoms with E-state index < -0.39 is 5.97 Å². The summed E-state index contributed by atoms with van der Waals surface area (Å²) >= 11 is 0. The number of carboxylic acid groups (broad SMARTS) is 1. The molecule has 0 aliphatic heterocycles. The van der Waals surface area contributed by atoms with E-state index in [0.29, 0.717) is 11.3 Å². The lowest BCUT2D eigenvalue weighted by molar-refractivity contribution is -0.129. The number of carboxylic acids is 1. The number of nitrogens with zero attached hydrogens (tertiary/aromatic N) is 1. The van der Waals surface area contributed by atoms with Crippen molar-refractivity contribution in [3.8, 4) is 5.75 Å². The fourth-order valence-electron chi connectivity index (χ4n) is 1.88. The van der Waals surface area contributed by atoms with Crippen molar-refractivity contribution in [2.45, 2.75) is 0 Å². The first-order valence-electron chi connectivity index (χ1n) is 5.59. The Morgan fingerprint density at radius 2 is 2.00 bits per heavy atom. The molecule has 0 heterocycles. The van der Waals surface area contributed by atoms with Gasteiger partial charge in [0.25, 0.3) is 0 Å². The molecule has 0 saturated carbocycles. The van der Waals surface area contributed by atoms with E-state index in [4.69, 9.17) is 4.74 Å². The molecule has 5 heteroatoms. The summed E-state index contributed by atoms with van der Waals surface area (Å²) in [7, 11) is 2.87. The van der Waals surface area contributed by atoms with Crippen LogP contribution in [0.1, 0.15) is 5.56 Å². The van der Waals surface area contributed by atoms with Gasteiger partial charge in [0.05, 0.1) is 7.11 Å². The van der Waals surface area contributed by atoms with Crippen LogP contribution < -0.4 is 4.74 Å². The first kappa shape index (κ1) is 12.9. The molecular formula is C14H13NO4. The number of methoxy groups -OCH3 is 1. The normalized spacial score (nSPS) is 11.4. The van der Waals surface area contributed by atoms with Crippen LogP contribution in [0.4, 0.5) is 0 Å². The third kappa shape index (κ3) is 2.49. The van der Waals surface area contributed by atoms with Gasteiger partial charge in [0, 0.05) is 5.56 Å². The van der Waals surface area contributed by atoms with Gasteiger partial charge in [0.2, 0.25) is 0 Å². The molecule has 0 saturated heterocycles. The molecule has 0 aliphatic carbocycles. The molecule has 2 aromatic carbocycles. The maximum atomic E-state index is 11.2. The van der Waals surface area contributed by atoms with E-state index in [2.05, 4.69) is 9.99 Å². The van der Waals surface area contributed by atoms with Gasteiger partial charge >= 0.3 is 5.97 Å². The number of oxime groups is 1. The maximum absolute atomic E-state index is 11.2. The highest BCUT2D eigenvalue weighted by Gasteiger charge is 2.16. The van der Waals surface area contributed by atoms with E-state index in [0.717, 1.165) is 10.8 Å². The van der Waals surface area contributed by atoms with Crippen molar-refractivity contribution in [1.29, 1.82) is 0 Å². The molecule has 19 heavy (non-hydrogen) atoms. The molecule has 2 rings (SSSR count). The topological polar surface area (TPSA) is 68.1 Å². The molecule has 0 aromatic heterocycles.